The topological polar surface area (TPSA) is 46.5 Å². The summed E-state index contributed by atoms with van der Waals surface area (Å²) in [4.78, 5) is 10.7. The van der Waals surface area contributed by atoms with E-state index in [1.54, 1.807) is 0 Å². The Hall–Kier alpha value is -1.77. The molecule has 0 amide bonds. The van der Waals surface area contributed by atoms with E-state index in [-0.39, 0.29) is 5.92 Å². The Labute approximate surface area is 114 Å². The van der Waals surface area contributed by atoms with Crippen LogP contribution in [-0.4, -0.2) is 17.7 Å². The van der Waals surface area contributed by atoms with Gasteiger partial charge in [0.05, 0.1) is 0 Å². The molecular formula is C16H22O3. The van der Waals surface area contributed by atoms with Gasteiger partial charge in [-0.2, -0.15) is 0 Å². The lowest BCUT2D eigenvalue weighted by atomic mass is 10.0. The van der Waals surface area contributed by atoms with Crippen LogP contribution in [0.2, 0.25) is 0 Å². The molecule has 1 aromatic rings. The zero-order valence-electron chi connectivity index (χ0n) is 12.0. The van der Waals surface area contributed by atoms with E-state index < -0.39 is 5.97 Å². The van der Waals surface area contributed by atoms with Crippen LogP contribution in [-0.2, 0) is 4.79 Å². The molecule has 0 saturated heterocycles. The molecule has 0 atom stereocenters. The molecular weight excluding hydrogens is 240 g/mol. The Bertz CT molecular complexity index is 442. The fraction of sp³-hybridized carbons (Fsp3) is 0.438. The summed E-state index contributed by atoms with van der Waals surface area (Å²) in [5, 5.41) is 8.80. The lowest BCUT2D eigenvalue weighted by molar-refractivity contribution is -0.131. The molecule has 0 spiro atoms. The van der Waals surface area contributed by atoms with Gasteiger partial charge in [-0.15, -0.1) is 0 Å². The molecule has 0 aliphatic heterocycles. The molecule has 0 aliphatic carbocycles. The van der Waals surface area contributed by atoms with Crippen molar-refractivity contribution in [3.8, 4) is 5.75 Å². The SMILES string of the molecule is CC(C)/C(=C\C(=O)O)COc1ccc(C(C)C)cc1. The standard InChI is InChI=1S/C16H22O3/c1-11(2)13-5-7-15(8-6-13)19-10-14(12(3)4)9-16(17)18/h5-9,11-12H,10H2,1-4H3,(H,17,18)/b14-9-. The average molecular weight is 262 g/mol. The summed E-state index contributed by atoms with van der Waals surface area (Å²) >= 11 is 0. The third-order valence-corrected chi connectivity index (χ3v) is 3.00. The van der Waals surface area contributed by atoms with Crippen LogP contribution < -0.4 is 4.74 Å². The summed E-state index contributed by atoms with van der Waals surface area (Å²) in [7, 11) is 0. The van der Waals surface area contributed by atoms with Crippen molar-refractivity contribution < 1.29 is 14.6 Å². The highest BCUT2D eigenvalue weighted by Gasteiger charge is 2.07. The lowest BCUT2D eigenvalue weighted by Gasteiger charge is -2.13. The van der Waals surface area contributed by atoms with Crippen LogP contribution in [0.3, 0.4) is 0 Å². The molecule has 0 radical (unpaired) electrons. The number of hydrogen-bond acceptors (Lipinski definition) is 2. The normalized spacial score (nSPS) is 12.0. The Kier molecular flexibility index (Phi) is 5.61. The summed E-state index contributed by atoms with van der Waals surface area (Å²) in [5.41, 5.74) is 2.04. The predicted molar refractivity (Wildman–Crippen MR) is 76.6 cm³/mol. The number of rotatable bonds is 6. The fourth-order valence-electron chi connectivity index (χ4n) is 1.65. The summed E-state index contributed by atoms with van der Waals surface area (Å²) < 4.78 is 5.63. The van der Waals surface area contributed by atoms with Crippen molar-refractivity contribution in [1.82, 2.24) is 0 Å². The molecule has 3 nitrogen and oxygen atoms in total. The Morgan fingerprint density at radius 1 is 1.21 bits per heavy atom. The molecule has 0 heterocycles. The van der Waals surface area contributed by atoms with Crippen molar-refractivity contribution in [3.05, 3.63) is 41.5 Å². The van der Waals surface area contributed by atoms with E-state index in [4.69, 9.17) is 9.84 Å². The molecule has 104 valence electrons. The molecule has 0 aliphatic rings. The maximum absolute atomic E-state index is 10.7. The quantitative estimate of drug-likeness (QED) is 0.792. The van der Waals surface area contributed by atoms with E-state index in [0.29, 0.717) is 12.5 Å². The highest BCUT2D eigenvalue weighted by molar-refractivity contribution is 5.80. The first-order chi connectivity index (χ1) is 8.90. The maximum Gasteiger partial charge on any atom is 0.328 e. The monoisotopic (exact) mass is 262 g/mol. The van der Waals surface area contributed by atoms with Gasteiger partial charge in [0.1, 0.15) is 12.4 Å². The summed E-state index contributed by atoms with van der Waals surface area (Å²) in [6.07, 6.45) is 1.23. The van der Waals surface area contributed by atoms with Gasteiger partial charge in [0, 0.05) is 6.08 Å². The van der Waals surface area contributed by atoms with Crippen LogP contribution in [0.1, 0.15) is 39.2 Å². The summed E-state index contributed by atoms with van der Waals surface area (Å²) in [6.45, 7) is 8.51. The number of carbonyl (C=O) groups is 1. The zero-order valence-corrected chi connectivity index (χ0v) is 12.0. The number of aliphatic carboxylic acids is 1. The smallest absolute Gasteiger partial charge is 0.328 e. The molecule has 1 aromatic carbocycles. The van der Waals surface area contributed by atoms with Crippen molar-refractivity contribution in [3.63, 3.8) is 0 Å². The molecule has 0 unspecified atom stereocenters. The van der Waals surface area contributed by atoms with Gasteiger partial charge in [-0.25, -0.2) is 4.79 Å². The second-order valence-electron chi connectivity index (χ2n) is 5.22. The highest BCUT2D eigenvalue weighted by atomic mass is 16.5. The molecule has 0 saturated carbocycles. The molecule has 0 aromatic heterocycles. The van der Waals surface area contributed by atoms with Gasteiger partial charge in [-0.05, 0) is 35.1 Å². The number of hydrogen-bond donors (Lipinski definition) is 1. The van der Waals surface area contributed by atoms with Crippen molar-refractivity contribution in [2.75, 3.05) is 6.61 Å². The van der Waals surface area contributed by atoms with Gasteiger partial charge in [0.25, 0.3) is 0 Å². The highest BCUT2D eigenvalue weighted by Crippen LogP contribution is 2.20. The Morgan fingerprint density at radius 3 is 2.21 bits per heavy atom. The van der Waals surface area contributed by atoms with Gasteiger partial charge in [0.15, 0.2) is 0 Å². The van der Waals surface area contributed by atoms with E-state index in [2.05, 4.69) is 13.8 Å². The zero-order chi connectivity index (χ0) is 14.4. The fourth-order valence-corrected chi connectivity index (χ4v) is 1.65. The molecule has 0 bridgehead atoms. The van der Waals surface area contributed by atoms with E-state index in [0.717, 1.165) is 11.3 Å². The van der Waals surface area contributed by atoms with Gasteiger partial charge in [-0.3, -0.25) is 0 Å². The third-order valence-electron chi connectivity index (χ3n) is 3.00. The van der Waals surface area contributed by atoms with Crippen molar-refractivity contribution >= 4 is 5.97 Å². The number of ether oxygens (including phenoxy) is 1. The van der Waals surface area contributed by atoms with Gasteiger partial charge >= 0.3 is 5.97 Å². The summed E-state index contributed by atoms with van der Waals surface area (Å²) in [5.74, 6) is 0.488. The maximum atomic E-state index is 10.7. The van der Waals surface area contributed by atoms with Crippen molar-refractivity contribution in [2.24, 2.45) is 5.92 Å². The van der Waals surface area contributed by atoms with Crippen LogP contribution in [0, 0.1) is 5.92 Å². The van der Waals surface area contributed by atoms with E-state index in [9.17, 15) is 4.79 Å². The van der Waals surface area contributed by atoms with E-state index in [1.807, 2.05) is 38.1 Å². The number of carboxylic acids is 1. The second-order valence-corrected chi connectivity index (χ2v) is 5.22. The first-order valence-corrected chi connectivity index (χ1v) is 6.56. The Morgan fingerprint density at radius 2 is 1.79 bits per heavy atom. The minimum absolute atomic E-state index is 0.158. The van der Waals surface area contributed by atoms with Crippen molar-refractivity contribution in [1.29, 1.82) is 0 Å². The van der Waals surface area contributed by atoms with Gasteiger partial charge in [-0.1, -0.05) is 39.8 Å². The second kappa shape index (κ2) is 6.98. The van der Waals surface area contributed by atoms with Crippen LogP contribution in [0.4, 0.5) is 0 Å². The number of benzene rings is 1. The average Bonchev–Trinajstić information content (AvgIpc) is 2.34. The van der Waals surface area contributed by atoms with E-state index >= 15 is 0 Å². The third kappa shape index (κ3) is 5.16. The predicted octanol–water partition coefficient (Wildman–Crippen LogP) is 3.86. The molecule has 0 fully saturated rings. The largest absolute Gasteiger partial charge is 0.489 e. The summed E-state index contributed by atoms with van der Waals surface area (Å²) in [6, 6.07) is 7.92. The van der Waals surface area contributed by atoms with Gasteiger partial charge in [0.2, 0.25) is 0 Å². The molecule has 1 rings (SSSR count). The van der Waals surface area contributed by atoms with Crippen molar-refractivity contribution in [2.45, 2.75) is 33.6 Å². The first kappa shape index (κ1) is 15.3. The first-order valence-electron chi connectivity index (χ1n) is 6.56. The minimum atomic E-state index is -0.928. The van der Waals surface area contributed by atoms with Gasteiger partial charge < -0.3 is 9.84 Å². The number of carboxylic acid groups (broad SMARTS) is 1. The van der Waals surface area contributed by atoms with Crippen LogP contribution in [0.5, 0.6) is 5.75 Å². The van der Waals surface area contributed by atoms with Crippen LogP contribution >= 0.6 is 0 Å². The van der Waals surface area contributed by atoms with Crippen LogP contribution in [0.25, 0.3) is 0 Å². The molecule has 19 heavy (non-hydrogen) atoms. The minimum Gasteiger partial charge on any atom is -0.489 e. The molecule has 1 N–H and O–H groups in total. The molecule has 3 heteroatoms. The van der Waals surface area contributed by atoms with E-state index in [1.165, 1.54) is 11.6 Å². The Balaban J connectivity index is 2.67. The van der Waals surface area contributed by atoms with Crippen LogP contribution in [0.15, 0.2) is 35.9 Å². The lowest BCUT2D eigenvalue weighted by Crippen LogP contribution is -2.09.